The van der Waals surface area contributed by atoms with Crippen molar-refractivity contribution >= 4 is 64.4 Å². The van der Waals surface area contributed by atoms with Crippen molar-refractivity contribution in [2.24, 2.45) is 0 Å². The zero-order chi connectivity index (χ0) is 29.9. The highest BCUT2D eigenvalue weighted by molar-refractivity contribution is 8.07. The van der Waals surface area contributed by atoms with E-state index in [9.17, 15) is 19.9 Å². The number of alkyl halides is 2. The van der Waals surface area contributed by atoms with Crippen LogP contribution in [0.15, 0.2) is 17.4 Å². The van der Waals surface area contributed by atoms with Crippen LogP contribution in [0.25, 0.3) is 22.3 Å². The number of H-pyrrole nitrogens is 1. The highest BCUT2D eigenvalue weighted by Gasteiger charge is 2.51. The third-order valence-electron chi connectivity index (χ3n) is 6.65. The van der Waals surface area contributed by atoms with Gasteiger partial charge in [0, 0.05) is 0 Å². The van der Waals surface area contributed by atoms with E-state index in [0.717, 1.165) is 22.8 Å². The van der Waals surface area contributed by atoms with Crippen LogP contribution in [0.1, 0.15) is 11.6 Å². The van der Waals surface area contributed by atoms with Crippen molar-refractivity contribution in [2.75, 3.05) is 24.7 Å². The van der Waals surface area contributed by atoms with Gasteiger partial charge in [-0.3, -0.25) is 18.9 Å². The number of nitrogens with one attached hydrogen (secondary N) is 1. The average molecular weight is 650 g/mol. The molecule has 0 amide bonds. The second-order valence-electron chi connectivity index (χ2n) is 9.27. The number of rotatable bonds is 8. The summed E-state index contributed by atoms with van der Waals surface area (Å²) in [6, 6.07) is 0. The quantitative estimate of drug-likeness (QED) is 0.121. The molecule has 9 atom stereocenters. The normalized spacial score (nSPS) is 31.3. The number of fused-ring (bicyclic) bond motifs is 2. The van der Waals surface area contributed by atoms with Crippen LogP contribution >= 0.6 is 18.5 Å². The van der Waals surface area contributed by atoms with E-state index in [1.54, 1.807) is 0 Å². The summed E-state index contributed by atoms with van der Waals surface area (Å²) in [7, 11) is 0. The first-order valence-electron chi connectivity index (χ1n) is 12.1. The lowest BCUT2D eigenvalue weighted by molar-refractivity contribution is -0.0461. The van der Waals surface area contributed by atoms with Crippen molar-refractivity contribution in [3.05, 3.63) is 23.0 Å². The van der Waals surface area contributed by atoms with Crippen molar-refractivity contribution in [1.29, 1.82) is 0 Å². The molecule has 2 aliphatic heterocycles. The fourth-order valence-corrected chi connectivity index (χ4v) is 7.52. The van der Waals surface area contributed by atoms with E-state index in [0.29, 0.717) is 0 Å². The number of aliphatic hydroxyl groups is 2. The number of imidazole rings is 1. The van der Waals surface area contributed by atoms with Gasteiger partial charge in [-0.2, -0.15) is 4.98 Å². The molecule has 0 aromatic carbocycles. The van der Waals surface area contributed by atoms with E-state index < -0.39 is 73.0 Å². The Morgan fingerprint density at radius 1 is 1.21 bits per heavy atom. The Labute approximate surface area is 241 Å². The molecule has 6 heterocycles. The van der Waals surface area contributed by atoms with E-state index in [1.165, 1.54) is 10.9 Å². The molecule has 0 spiro atoms. The SMILES string of the molecule is Nc1nc2c(nnn2[C@@H]2S[C@H](CO)[C@@H](F)[C@H]2OP(O)(=S)OC[C@H]2O[C@@H](n3cnc4c(N)ncnc43)[C@@H](F)[C@@H]2O)c(=O)[nH]1. The lowest BCUT2D eigenvalue weighted by atomic mass is 10.1. The molecule has 2 saturated heterocycles. The van der Waals surface area contributed by atoms with Crippen LogP contribution in [-0.4, -0.2) is 109 Å². The third kappa shape index (κ3) is 5.01. The van der Waals surface area contributed by atoms with Crippen molar-refractivity contribution in [3.63, 3.8) is 0 Å². The molecule has 42 heavy (non-hydrogen) atoms. The van der Waals surface area contributed by atoms with E-state index in [1.807, 2.05) is 0 Å². The molecule has 0 bridgehead atoms. The van der Waals surface area contributed by atoms with Gasteiger partial charge in [-0.15, -0.1) is 16.9 Å². The first-order chi connectivity index (χ1) is 20.0. The molecule has 4 aromatic heterocycles. The monoisotopic (exact) mass is 649 g/mol. The lowest BCUT2D eigenvalue weighted by Crippen LogP contribution is -2.33. The molecule has 0 radical (unpaired) electrons. The number of halogens is 2. The van der Waals surface area contributed by atoms with Crippen LogP contribution < -0.4 is 17.0 Å². The zero-order valence-electron chi connectivity index (χ0n) is 20.9. The number of anilines is 2. The topological polar surface area (TPSA) is 260 Å². The van der Waals surface area contributed by atoms with Crippen molar-refractivity contribution in [2.45, 2.75) is 47.5 Å². The highest BCUT2D eigenvalue weighted by atomic mass is 32.5. The van der Waals surface area contributed by atoms with Crippen LogP contribution in [0.3, 0.4) is 0 Å². The summed E-state index contributed by atoms with van der Waals surface area (Å²) in [5, 5.41) is 25.6. The number of nitrogens with two attached hydrogens (primary N) is 2. The van der Waals surface area contributed by atoms with Crippen LogP contribution in [0, 0.1) is 0 Å². The molecule has 226 valence electrons. The Hall–Kier alpha value is -2.95. The van der Waals surface area contributed by atoms with Gasteiger partial charge in [-0.1, -0.05) is 5.21 Å². The number of aromatic nitrogens is 9. The number of hydrogen-bond acceptors (Lipinski definition) is 16. The summed E-state index contributed by atoms with van der Waals surface area (Å²) in [5.74, 6) is -0.185. The Kier molecular flexibility index (Phi) is 7.60. The summed E-state index contributed by atoms with van der Waals surface area (Å²) >= 11 is 5.96. The zero-order valence-corrected chi connectivity index (χ0v) is 23.4. The maximum Gasteiger partial charge on any atom is 0.325 e. The number of hydrogen-bond donors (Lipinski definition) is 6. The molecular formula is C19H22F2N11O7PS2. The average Bonchev–Trinajstić information content (AvgIpc) is 3.69. The minimum absolute atomic E-state index is 0.0635. The lowest BCUT2D eigenvalue weighted by Gasteiger charge is -2.26. The second kappa shape index (κ2) is 11.0. The maximum atomic E-state index is 15.4. The van der Waals surface area contributed by atoms with Crippen molar-refractivity contribution in [3.8, 4) is 0 Å². The molecule has 1 unspecified atom stereocenters. The number of aliphatic hydroxyl groups excluding tert-OH is 2. The van der Waals surface area contributed by atoms with E-state index >= 15 is 8.78 Å². The molecule has 2 fully saturated rings. The maximum absolute atomic E-state index is 15.4. The molecule has 8 N–H and O–H groups in total. The minimum atomic E-state index is -4.30. The first-order valence-corrected chi connectivity index (χ1v) is 15.6. The van der Waals surface area contributed by atoms with Gasteiger partial charge in [0.2, 0.25) is 5.95 Å². The number of nitrogens with zero attached hydrogens (tertiary/aromatic N) is 8. The van der Waals surface area contributed by atoms with Crippen LogP contribution in [0.4, 0.5) is 20.5 Å². The predicted molar refractivity (Wildman–Crippen MR) is 145 cm³/mol. The molecular weight excluding hydrogens is 627 g/mol. The van der Waals surface area contributed by atoms with Gasteiger partial charge >= 0.3 is 6.72 Å². The van der Waals surface area contributed by atoms with E-state index in [2.05, 4.69) is 35.2 Å². The first kappa shape index (κ1) is 29.1. The fourth-order valence-electron chi connectivity index (χ4n) is 4.65. The smallest absolute Gasteiger partial charge is 0.325 e. The molecule has 0 saturated carbocycles. The second-order valence-corrected chi connectivity index (χ2v) is 13.4. The van der Waals surface area contributed by atoms with Crippen molar-refractivity contribution in [1.82, 2.24) is 44.5 Å². The Balaban J connectivity index is 1.19. The third-order valence-corrected chi connectivity index (χ3v) is 9.72. The number of aromatic amines is 1. The summed E-state index contributed by atoms with van der Waals surface area (Å²) in [6.07, 6.45) is -7.48. The molecule has 6 rings (SSSR count). The van der Waals surface area contributed by atoms with Crippen LogP contribution in [0.2, 0.25) is 0 Å². The Morgan fingerprint density at radius 3 is 2.76 bits per heavy atom. The minimum Gasteiger partial charge on any atom is -0.395 e. The number of nitrogen functional groups attached to an aromatic ring is 2. The summed E-state index contributed by atoms with van der Waals surface area (Å²) in [5.41, 5.74) is 10.8. The molecule has 23 heteroatoms. The molecule has 4 aromatic rings. The van der Waals surface area contributed by atoms with Gasteiger partial charge in [0.15, 0.2) is 35.0 Å². The molecule has 18 nitrogen and oxygen atoms in total. The van der Waals surface area contributed by atoms with Crippen LogP contribution in [0.5, 0.6) is 0 Å². The van der Waals surface area contributed by atoms with Gasteiger partial charge in [-0.25, -0.2) is 28.4 Å². The summed E-state index contributed by atoms with van der Waals surface area (Å²) < 4.78 is 49.3. The van der Waals surface area contributed by atoms with Gasteiger partial charge in [0.1, 0.15) is 41.7 Å². The Bertz CT molecular complexity index is 1750. The fraction of sp³-hybridized carbons (Fsp3) is 0.526. The van der Waals surface area contributed by atoms with E-state index in [-0.39, 0.29) is 34.1 Å². The highest BCUT2D eigenvalue weighted by Crippen LogP contribution is 2.54. The van der Waals surface area contributed by atoms with Gasteiger partial charge in [0.25, 0.3) is 5.56 Å². The van der Waals surface area contributed by atoms with Crippen LogP contribution in [-0.2, 0) is 25.6 Å². The predicted octanol–water partition coefficient (Wildman–Crippen LogP) is -1.32. The van der Waals surface area contributed by atoms with Gasteiger partial charge < -0.3 is 35.8 Å². The molecule has 2 aliphatic rings. The van der Waals surface area contributed by atoms with Gasteiger partial charge in [0.05, 0.1) is 24.8 Å². The van der Waals surface area contributed by atoms with Gasteiger partial charge in [-0.05, 0) is 11.8 Å². The Morgan fingerprint density at radius 2 is 2.00 bits per heavy atom. The summed E-state index contributed by atoms with van der Waals surface area (Å²) in [4.78, 5) is 41.2. The van der Waals surface area contributed by atoms with E-state index in [4.69, 9.17) is 37.1 Å². The largest absolute Gasteiger partial charge is 0.395 e. The molecule has 0 aliphatic carbocycles. The summed E-state index contributed by atoms with van der Waals surface area (Å²) in [6.45, 7) is -5.55. The standard InChI is InChI=1S/C19H22F2N11O7PS2/c20-7-6(1-33)42-18(32-15-10(29-30-32)16(35)28-19(23)27-15)12(7)39-40(36,41)37-2-5-11(34)8(21)17(38-5)31-4-26-9-13(22)24-3-25-14(9)31/h3-8,11-12,17-18,33-34H,1-2H2,(H,36,41)(H2,22,24,25)(H3,23,27,28,35)/t5-,6-,7-,8+,11-,12-,17-,18-,40?/m1/s1. The van der Waals surface area contributed by atoms with Crippen molar-refractivity contribution < 1.29 is 37.7 Å². The number of thioether (sulfide) groups is 1. The number of ether oxygens (including phenoxy) is 1.